The number of aliphatic imine (C=N–C) groups is 1. The molecular formula is C63H69N6+3. The lowest BCUT2D eigenvalue weighted by atomic mass is 9.89. The Hall–Kier alpha value is -6.89. The summed E-state index contributed by atoms with van der Waals surface area (Å²) in [5, 5.41) is 7.06. The van der Waals surface area contributed by atoms with Crippen LogP contribution < -0.4 is 36.7 Å². The van der Waals surface area contributed by atoms with Crippen LogP contribution in [0.25, 0.3) is 28.1 Å². The number of nitrogens with zero attached hydrogens (tertiary/aromatic N) is 1. The molecule has 6 N–H and O–H groups in total. The number of nitrogens with two attached hydrogens (primary N) is 1. The highest BCUT2D eigenvalue weighted by atomic mass is 15.0. The summed E-state index contributed by atoms with van der Waals surface area (Å²) in [4.78, 5) is 22.5. The summed E-state index contributed by atoms with van der Waals surface area (Å²) in [6, 6.07) is 33.1. The zero-order valence-corrected chi connectivity index (χ0v) is 42.9. The highest BCUT2D eigenvalue weighted by Gasteiger charge is 2.43. The number of H-pyrrole nitrogens is 2. The van der Waals surface area contributed by atoms with E-state index in [1.807, 2.05) is 0 Å². The molecule has 0 saturated carbocycles. The first-order chi connectivity index (χ1) is 33.5. The van der Waals surface area contributed by atoms with Gasteiger partial charge in [-0.25, -0.2) is 9.98 Å². The molecule has 348 valence electrons. The number of quaternary nitrogens is 1. The van der Waals surface area contributed by atoms with Crippen LogP contribution in [0.1, 0.15) is 134 Å². The lowest BCUT2D eigenvalue weighted by Gasteiger charge is -2.12. The number of benzene rings is 3. The Morgan fingerprint density at radius 1 is 0.420 bits per heavy atom. The van der Waals surface area contributed by atoms with E-state index in [4.69, 9.17) is 4.99 Å². The zero-order chi connectivity index (χ0) is 48.4. The van der Waals surface area contributed by atoms with E-state index in [1.165, 1.54) is 118 Å². The Bertz CT molecular complexity index is 3580. The van der Waals surface area contributed by atoms with Crippen LogP contribution in [0.3, 0.4) is 0 Å². The van der Waals surface area contributed by atoms with Crippen molar-refractivity contribution in [3.63, 3.8) is 0 Å². The fourth-order valence-corrected chi connectivity index (χ4v) is 12.3. The first kappa shape index (κ1) is 45.9. The number of allylic oxidation sites excluding steroid dienone is 7. The first-order valence-corrected chi connectivity index (χ1v) is 25.6. The van der Waals surface area contributed by atoms with Crippen molar-refractivity contribution in [1.82, 2.24) is 9.97 Å². The minimum atomic E-state index is 0.858. The number of aromatic nitrogens is 2. The van der Waals surface area contributed by atoms with Gasteiger partial charge in [0.15, 0.2) is 5.70 Å². The van der Waals surface area contributed by atoms with Crippen LogP contribution in [0, 0.1) is 13.8 Å². The summed E-state index contributed by atoms with van der Waals surface area (Å²) in [7, 11) is 0. The highest BCUT2D eigenvalue weighted by Crippen LogP contribution is 2.37. The lowest BCUT2D eigenvalue weighted by molar-refractivity contribution is -0.552. The lowest BCUT2D eigenvalue weighted by Crippen LogP contribution is -2.82. The molecule has 5 aliphatic rings. The largest absolute Gasteiger partial charge is 0.353 e. The van der Waals surface area contributed by atoms with E-state index < -0.39 is 0 Å². The van der Waals surface area contributed by atoms with Gasteiger partial charge in [0.05, 0.1) is 33.0 Å². The molecule has 12 bridgehead atoms. The standard InChI is InChI=1S/C63H66N6/c1-13-43-34(7)52-53-35(8)45(15-3)60(65-53)50(41-30-24-20-25-31-41)61-47(17-5)38(11)56(68-61)57-39(12)48(18-6)63(69-57)51(42-32-26-21-27-33-42)62-46(16-4)37(10)55(67-62)54-36(9)44(14-2)59(66-54)49(58(43)64-52)40-28-22-19-23-29-40/h19-33,64,67-68H,13-18H2,1-12H3/p+3. The van der Waals surface area contributed by atoms with Crippen molar-refractivity contribution in [2.75, 3.05) is 0 Å². The maximum absolute atomic E-state index is 5.84. The Labute approximate surface area is 408 Å². The fraction of sp³-hybridized carbons (Fsp3) is 0.286. The Kier molecular flexibility index (Phi) is 12.1. The van der Waals surface area contributed by atoms with E-state index in [0.29, 0.717) is 0 Å². The van der Waals surface area contributed by atoms with Gasteiger partial charge in [-0.15, -0.1) is 0 Å². The predicted octanol–water partition coefficient (Wildman–Crippen LogP) is 7.04. The van der Waals surface area contributed by atoms with Gasteiger partial charge in [-0.3, -0.25) is 5.32 Å². The smallest absolute Gasteiger partial charge is 0.269 e. The zero-order valence-electron chi connectivity index (χ0n) is 42.9. The van der Waals surface area contributed by atoms with Crippen LogP contribution in [0.15, 0.2) is 158 Å². The second kappa shape index (κ2) is 18.2. The molecule has 0 spiro atoms. The van der Waals surface area contributed by atoms with Crippen molar-refractivity contribution < 1.29 is 15.3 Å². The quantitative estimate of drug-likeness (QED) is 0.105. The molecule has 0 saturated heterocycles. The molecule has 0 unspecified atom stereocenters. The second-order valence-electron chi connectivity index (χ2n) is 19.2. The summed E-state index contributed by atoms with van der Waals surface area (Å²) < 4.78 is 0. The second-order valence-corrected chi connectivity index (χ2v) is 19.2. The molecule has 10 rings (SSSR count). The summed E-state index contributed by atoms with van der Waals surface area (Å²) in [6.45, 7) is 27.7. The number of aromatic amines is 2. The number of nitrogens with one attached hydrogen (secondary N) is 4. The Morgan fingerprint density at radius 3 is 1.41 bits per heavy atom. The van der Waals surface area contributed by atoms with Gasteiger partial charge in [-0.1, -0.05) is 133 Å². The van der Waals surface area contributed by atoms with Crippen molar-refractivity contribution >= 4 is 45.2 Å². The monoisotopic (exact) mass is 910 g/mol. The molecular weight excluding hydrogens is 841 g/mol. The van der Waals surface area contributed by atoms with E-state index in [1.54, 1.807) is 0 Å². The van der Waals surface area contributed by atoms with Gasteiger partial charge in [-0.2, -0.15) is 4.99 Å². The van der Waals surface area contributed by atoms with Crippen molar-refractivity contribution in [3.05, 3.63) is 213 Å². The molecule has 69 heavy (non-hydrogen) atoms. The van der Waals surface area contributed by atoms with Gasteiger partial charge in [0.25, 0.3) is 5.70 Å². The maximum Gasteiger partial charge on any atom is 0.269 e. The first-order valence-electron chi connectivity index (χ1n) is 25.6. The molecule has 5 aliphatic heterocycles. The Morgan fingerprint density at radius 2 is 0.870 bits per heavy atom. The molecule has 0 atom stereocenters. The topological polar surface area (TPSA) is 88.5 Å². The van der Waals surface area contributed by atoms with Crippen molar-refractivity contribution in [1.29, 1.82) is 0 Å². The highest BCUT2D eigenvalue weighted by molar-refractivity contribution is 6.35. The fourth-order valence-electron chi connectivity index (χ4n) is 12.3. The van der Waals surface area contributed by atoms with Crippen LogP contribution in [0.2, 0.25) is 0 Å². The van der Waals surface area contributed by atoms with Crippen LogP contribution in [-0.2, 0) is 12.8 Å². The van der Waals surface area contributed by atoms with Gasteiger partial charge in [0.1, 0.15) is 10.9 Å². The number of hydrogen-bond donors (Lipinski definition) is 5. The third-order valence-corrected chi connectivity index (χ3v) is 15.9. The SMILES string of the molecule is CCC1=C(C)C2=c3[nH]c(c(CC)c3C)=C(c3ccccc3)C3=[NH+]C(=C4[NH2+]C(=C(c5ccccc5)C5=[NH+]C(=c6[nH]c(c(CC)c6C)=C(c6ccccc6)C1=N2)C(C)=C5CC)C(CC)=C4C)C(C)=C3CC. The molecule has 6 nitrogen and oxygen atoms in total. The van der Waals surface area contributed by atoms with Gasteiger partial charge < -0.3 is 9.97 Å². The predicted molar refractivity (Wildman–Crippen MR) is 287 cm³/mol. The van der Waals surface area contributed by atoms with E-state index in [0.717, 1.165) is 88.2 Å². The van der Waals surface area contributed by atoms with E-state index in [-0.39, 0.29) is 0 Å². The molecule has 0 radical (unpaired) electrons. The number of rotatable bonds is 9. The molecule has 0 fully saturated rings. The van der Waals surface area contributed by atoms with Crippen LogP contribution in [-0.4, -0.2) is 27.1 Å². The van der Waals surface area contributed by atoms with Crippen molar-refractivity contribution in [3.8, 4) is 0 Å². The number of fused-ring (bicyclic) bond motifs is 9. The molecule has 0 aliphatic carbocycles. The van der Waals surface area contributed by atoms with Crippen molar-refractivity contribution in [2.24, 2.45) is 4.99 Å². The average Bonchev–Trinajstić information content (AvgIpc) is 4.20. The van der Waals surface area contributed by atoms with E-state index >= 15 is 0 Å². The van der Waals surface area contributed by atoms with Gasteiger partial charge in [0.2, 0.25) is 22.8 Å². The van der Waals surface area contributed by atoms with E-state index in [2.05, 4.69) is 199 Å². The summed E-state index contributed by atoms with van der Waals surface area (Å²) >= 11 is 0. The van der Waals surface area contributed by atoms with Crippen LogP contribution in [0.5, 0.6) is 0 Å². The molecule has 6 heteroatoms. The van der Waals surface area contributed by atoms with Gasteiger partial charge >= 0.3 is 0 Å². The van der Waals surface area contributed by atoms with Crippen LogP contribution in [0.4, 0.5) is 0 Å². The van der Waals surface area contributed by atoms with Crippen LogP contribution >= 0.6 is 0 Å². The summed E-state index contributed by atoms with van der Waals surface area (Å²) in [6.07, 6.45) is 5.32. The van der Waals surface area contributed by atoms with Gasteiger partial charge in [-0.05, 0) is 130 Å². The van der Waals surface area contributed by atoms with E-state index in [9.17, 15) is 0 Å². The summed E-state index contributed by atoms with van der Waals surface area (Å²) in [5.74, 6) is 0. The normalized spacial score (nSPS) is 17.4. The third-order valence-electron chi connectivity index (χ3n) is 15.9. The minimum Gasteiger partial charge on any atom is -0.353 e. The maximum atomic E-state index is 5.84. The third kappa shape index (κ3) is 7.13. The molecule has 3 aromatic carbocycles. The number of hydrogen-bond acceptors (Lipinski definition) is 1. The molecule has 2 aromatic heterocycles. The van der Waals surface area contributed by atoms with Crippen molar-refractivity contribution in [2.45, 2.75) is 122 Å². The van der Waals surface area contributed by atoms with Gasteiger partial charge in [0, 0.05) is 39.0 Å². The molecule has 5 aromatic rings. The average molecular weight is 910 g/mol. The molecule has 7 heterocycles. The summed E-state index contributed by atoms with van der Waals surface area (Å²) in [5.41, 5.74) is 32.2. The Balaban J connectivity index is 1.47. The molecule has 0 amide bonds. The minimum absolute atomic E-state index is 0.858.